The number of aldehydes is 2. The molecule has 1 aliphatic rings. The van der Waals surface area contributed by atoms with Crippen LogP contribution in [0, 0.1) is 0 Å². The van der Waals surface area contributed by atoms with Crippen molar-refractivity contribution < 1.29 is 14.3 Å². The average Bonchev–Trinajstić information content (AvgIpc) is 2.05. The molecule has 0 aromatic heterocycles. The van der Waals surface area contributed by atoms with Crippen LogP contribution < -0.4 is 0 Å². The van der Waals surface area contributed by atoms with Crippen LogP contribution in [0.3, 0.4) is 0 Å². The normalized spacial score (nSPS) is 17.0. The molecular weight excluding hydrogens is 168 g/mol. The minimum absolute atomic E-state index is 0.0243. The van der Waals surface area contributed by atoms with Gasteiger partial charge in [0.15, 0.2) is 18.3 Å². The molecule has 1 rings (SSSR count). The Hall–Kier alpha value is -1.09. The molecular formula is C7H5ClO3. The van der Waals surface area contributed by atoms with Gasteiger partial charge in [0.2, 0.25) is 0 Å². The molecule has 0 saturated heterocycles. The Balaban J connectivity index is 3.01. The van der Waals surface area contributed by atoms with Crippen LogP contribution in [0.25, 0.3) is 0 Å². The summed E-state index contributed by atoms with van der Waals surface area (Å²) < 4.78 is 4.82. The summed E-state index contributed by atoms with van der Waals surface area (Å²) in [7, 11) is 0. The van der Waals surface area contributed by atoms with E-state index in [9.17, 15) is 9.59 Å². The Morgan fingerprint density at radius 2 is 2.18 bits per heavy atom. The SMILES string of the molecule is O=CC1=CCOC(C=O)=C1Cl. The molecule has 0 aromatic carbocycles. The molecule has 0 aliphatic carbocycles. The minimum atomic E-state index is 0.0243. The van der Waals surface area contributed by atoms with Crippen molar-refractivity contribution in [2.45, 2.75) is 0 Å². The summed E-state index contributed by atoms with van der Waals surface area (Å²) in [5, 5.41) is 0.0845. The molecule has 0 bridgehead atoms. The van der Waals surface area contributed by atoms with E-state index < -0.39 is 0 Å². The van der Waals surface area contributed by atoms with Crippen LogP contribution in [0.1, 0.15) is 0 Å². The van der Waals surface area contributed by atoms with Gasteiger partial charge in [0.05, 0.1) is 5.03 Å². The zero-order chi connectivity index (χ0) is 8.27. The molecule has 0 fully saturated rings. The van der Waals surface area contributed by atoms with E-state index in [0.29, 0.717) is 18.1 Å². The Bertz CT molecular complexity index is 252. The summed E-state index contributed by atoms with van der Waals surface area (Å²) in [6.07, 6.45) is 2.59. The smallest absolute Gasteiger partial charge is 0.186 e. The van der Waals surface area contributed by atoms with Crippen molar-refractivity contribution in [2.75, 3.05) is 6.61 Å². The van der Waals surface area contributed by atoms with Crippen molar-refractivity contribution >= 4 is 24.2 Å². The predicted octanol–water partition coefficient (Wildman–Crippen LogP) is 0.791. The van der Waals surface area contributed by atoms with E-state index >= 15 is 0 Å². The summed E-state index contributed by atoms with van der Waals surface area (Å²) in [6.45, 7) is 0.221. The van der Waals surface area contributed by atoms with Crippen molar-refractivity contribution in [3.8, 4) is 0 Å². The zero-order valence-electron chi connectivity index (χ0n) is 5.54. The van der Waals surface area contributed by atoms with Gasteiger partial charge in [-0.1, -0.05) is 11.6 Å². The Morgan fingerprint density at radius 1 is 1.45 bits per heavy atom. The van der Waals surface area contributed by atoms with Crippen molar-refractivity contribution in [1.29, 1.82) is 0 Å². The summed E-state index contributed by atoms with van der Waals surface area (Å²) >= 11 is 5.57. The summed E-state index contributed by atoms with van der Waals surface area (Å²) in [5.41, 5.74) is 0.306. The highest BCUT2D eigenvalue weighted by Crippen LogP contribution is 2.21. The van der Waals surface area contributed by atoms with E-state index in [-0.39, 0.29) is 17.4 Å². The van der Waals surface area contributed by atoms with Gasteiger partial charge in [-0.2, -0.15) is 0 Å². The molecule has 0 unspecified atom stereocenters. The van der Waals surface area contributed by atoms with Crippen molar-refractivity contribution in [1.82, 2.24) is 0 Å². The van der Waals surface area contributed by atoms with Gasteiger partial charge in [-0.05, 0) is 6.08 Å². The molecule has 1 aliphatic heterocycles. The van der Waals surface area contributed by atoms with Crippen molar-refractivity contribution in [2.24, 2.45) is 0 Å². The van der Waals surface area contributed by atoms with Gasteiger partial charge in [-0.3, -0.25) is 9.59 Å². The molecule has 0 N–H and O–H groups in total. The van der Waals surface area contributed by atoms with Gasteiger partial charge >= 0.3 is 0 Å². The predicted molar refractivity (Wildman–Crippen MR) is 39.0 cm³/mol. The third kappa shape index (κ3) is 1.49. The lowest BCUT2D eigenvalue weighted by Crippen LogP contribution is -2.05. The lowest BCUT2D eigenvalue weighted by molar-refractivity contribution is -0.107. The molecule has 3 nitrogen and oxygen atoms in total. The fourth-order valence-electron chi connectivity index (χ4n) is 0.702. The second-order valence-electron chi connectivity index (χ2n) is 1.88. The number of hydrogen-bond donors (Lipinski definition) is 0. The lowest BCUT2D eigenvalue weighted by atomic mass is 10.2. The average molecular weight is 173 g/mol. The van der Waals surface area contributed by atoms with Crippen LogP contribution in [0.4, 0.5) is 0 Å². The fourth-order valence-corrected chi connectivity index (χ4v) is 0.923. The van der Waals surface area contributed by atoms with E-state index in [4.69, 9.17) is 16.3 Å². The van der Waals surface area contributed by atoms with E-state index in [0.717, 1.165) is 0 Å². The first-order valence-corrected chi connectivity index (χ1v) is 3.31. The Labute approximate surface area is 68.3 Å². The number of rotatable bonds is 2. The minimum Gasteiger partial charge on any atom is -0.484 e. The second-order valence-corrected chi connectivity index (χ2v) is 2.26. The van der Waals surface area contributed by atoms with Crippen LogP contribution in [0.15, 0.2) is 22.4 Å². The maximum Gasteiger partial charge on any atom is 0.186 e. The first-order chi connectivity index (χ1) is 5.29. The maximum atomic E-state index is 10.3. The number of allylic oxidation sites excluding steroid dienone is 3. The number of ether oxygens (including phenoxy) is 1. The third-order valence-corrected chi connectivity index (χ3v) is 1.65. The van der Waals surface area contributed by atoms with Crippen LogP contribution in [0.5, 0.6) is 0 Å². The molecule has 0 saturated carbocycles. The highest BCUT2D eigenvalue weighted by atomic mass is 35.5. The molecule has 0 spiro atoms. The number of hydrogen-bond acceptors (Lipinski definition) is 3. The van der Waals surface area contributed by atoms with Gasteiger partial charge in [0.1, 0.15) is 6.61 Å². The summed E-state index contributed by atoms with van der Waals surface area (Å²) in [5.74, 6) is 0.0243. The molecule has 11 heavy (non-hydrogen) atoms. The highest BCUT2D eigenvalue weighted by molar-refractivity contribution is 6.35. The van der Waals surface area contributed by atoms with Crippen LogP contribution in [0.2, 0.25) is 0 Å². The fraction of sp³-hybridized carbons (Fsp3) is 0.143. The zero-order valence-corrected chi connectivity index (χ0v) is 6.30. The first-order valence-electron chi connectivity index (χ1n) is 2.93. The highest BCUT2D eigenvalue weighted by Gasteiger charge is 2.13. The van der Waals surface area contributed by atoms with E-state index in [1.807, 2.05) is 0 Å². The monoisotopic (exact) mass is 172 g/mol. The topological polar surface area (TPSA) is 43.4 Å². The van der Waals surface area contributed by atoms with Crippen molar-refractivity contribution in [3.63, 3.8) is 0 Å². The van der Waals surface area contributed by atoms with Gasteiger partial charge in [0, 0.05) is 5.57 Å². The Kier molecular flexibility index (Phi) is 2.44. The molecule has 0 aromatic rings. The van der Waals surface area contributed by atoms with E-state index in [1.54, 1.807) is 0 Å². The second kappa shape index (κ2) is 3.34. The van der Waals surface area contributed by atoms with E-state index in [2.05, 4.69) is 0 Å². The number of halogens is 1. The number of carbonyl (C=O) groups excluding carboxylic acids is 2. The largest absolute Gasteiger partial charge is 0.484 e. The van der Waals surface area contributed by atoms with Gasteiger partial charge in [-0.25, -0.2) is 0 Å². The molecule has 0 radical (unpaired) electrons. The van der Waals surface area contributed by atoms with Gasteiger partial charge in [-0.15, -0.1) is 0 Å². The quantitative estimate of drug-likeness (QED) is 0.579. The summed E-state index contributed by atoms with van der Waals surface area (Å²) in [6, 6.07) is 0. The first kappa shape index (κ1) is 8.01. The number of carbonyl (C=O) groups is 2. The van der Waals surface area contributed by atoms with Gasteiger partial charge in [0.25, 0.3) is 0 Å². The summed E-state index contributed by atoms with van der Waals surface area (Å²) in [4.78, 5) is 20.5. The Morgan fingerprint density at radius 3 is 2.73 bits per heavy atom. The molecule has 0 amide bonds. The van der Waals surface area contributed by atoms with Crippen molar-refractivity contribution in [3.05, 3.63) is 22.4 Å². The van der Waals surface area contributed by atoms with Crippen LogP contribution in [-0.2, 0) is 14.3 Å². The van der Waals surface area contributed by atoms with E-state index in [1.165, 1.54) is 6.08 Å². The molecule has 1 heterocycles. The van der Waals surface area contributed by atoms with Crippen LogP contribution >= 0.6 is 11.6 Å². The maximum absolute atomic E-state index is 10.3. The third-order valence-electron chi connectivity index (χ3n) is 1.25. The molecule has 58 valence electrons. The van der Waals surface area contributed by atoms with Crippen LogP contribution in [-0.4, -0.2) is 19.2 Å². The standard InChI is InChI=1S/C7H5ClO3/c8-7-5(3-9)1-2-11-6(7)4-10/h1,3-4H,2H2. The van der Waals surface area contributed by atoms with Gasteiger partial charge < -0.3 is 4.74 Å². The molecule has 4 heteroatoms. The lowest BCUT2D eigenvalue weighted by Gasteiger charge is -2.10. The molecule has 0 atom stereocenters.